The van der Waals surface area contributed by atoms with Crippen LogP contribution < -0.4 is 10.1 Å². The van der Waals surface area contributed by atoms with Crippen molar-refractivity contribution < 1.29 is 22.7 Å². The standard InChI is InChI=1S/C18H16F3N3O2/c1-2-16(25)22-10-15-23-14-5-3-4-13(14)17(24-15)11-6-8-12(9-7-11)26-18(19,20)21/h2,6-9H,1,3-5,10H2,(H,22,25). The molecule has 1 N–H and O–H groups in total. The molecule has 1 aliphatic rings. The van der Waals surface area contributed by atoms with Crippen LogP contribution in [0, 0.1) is 0 Å². The van der Waals surface area contributed by atoms with Gasteiger partial charge in [-0.15, -0.1) is 13.2 Å². The maximum absolute atomic E-state index is 12.3. The fraction of sp³-hybridized carbons (Fsp3) is 0.278. The topological polar surface area (TPSA) is 64.1 Å². The van der Waals surface area contributed by atoms with Crippen molar-refractivity contribution in [2.75, 3.05) is 0 Å². The first-order chi connectivity index (χ1) is 12.4. The van der Waals surface area contributed by atoms with E-state index < -0.39 is 6.36 Å². The first-order valence-corrected chi connectivity index (χ1v) is 8.01. The summed E-state index contributed by atoms with van der Waals surface area (Å²) in [5, 5.41) is 2.63. The van der Waals surface area contributed by atoms with E-state index in [0.717, 1.165) is 36.6 Å². The highest BCUT2D eigenvalue weighted by molar-refractivity contribution is 5.86. The van der Waals surface area contributed by atoms with Gasteiger partial charge >= 0.3 is 6.36 Å². The van der Waals surface area contributed by atoms with Gasteiger partial charge in [0.15, 0.2) is 0 Å². The highest BCUT2D eigenvalue weighted by Crippen LogP contribution is 2.32. The number of alkyl halides is 3. The van der Waals surface area contributed by atoms with Gasteiger partial charge in [-0.2, -0.15) is 0 Å². The minimum Gasteiger partial charge on any atom is -0.406 e. The SMILES string of the molecule is C=CC(=O)NCc1nc2c(c(-c3ccc(OC(F)(F)F)cc3)n1)CCC2. The van der Waals surface area contributed by atoms with Crippen molar-refractivity contribution in [2.45, 2.75) is 32.2 Å². The summed E-state index contributed by atoms with van der Waals surface area (Å²) in [6.07, 6.45) is -1.01. The van der Waals surface area contributed by atoms with Crippen molar-refractivity contribution in [3.63, 3.8) is 0 Å². The Morgan fingerprint density at radius 1 is 1.23 bits per heavy atom. The molecule has 1 heterocycles. The second-order valence-corrected chi connectivity index (χ2v) is 5.76. The smallest absolute Gasteiger partial charge is 0.406 e. The molecule has 0 unspecified atom stereocenters. The fourth-order valence-corrected chi connectivity index (χ4v) is 2.85. The van der Waals surface area contributed by atoms with Crippen LogP contribution in [0.4, 0.5) is 13.2 Å². The molecule has 1 aromatic heterocycles. The third-order valence-corrected chi connectivity index (χ3v) is 3.95. The van der Waals surface area contributed by atoms with Crippen molar-refractivity contribution in [3.05, 3.63) is 54.0 Å². The van der Waals surface area contributed by atoms with Crippen LogP contribution >= 0.6 is 0 Å². The molecule has 26 heavy (non-hydrogen) atoms. The normalized spacial score (nSPS) is 13.2. The van der Waals surface area contributed by atoms with Gasteiger partial charge in [-0.25, -0.2) is 9.97 Å². The van der Waals surface area contributed by atoms with Crippen LogP contribution in [0.1, 0.15) is 23.5 Å². The Morgan fingerprint density at radius 2 is 1.96 bits per heavy atom. The zero-order chi connectivity index (χ0) is 18.7. The number of hydrogen-bond donors (Lipinski definition) is 1. The van der Waals surface area contributed by atoms with Crippen LogP contribution in [0.5, 0.6) is 5.75 Å². The summed E-state index contributed by atoms with van der Waals surface area (Å²) in [5.41, 5.74) is 3.26. The second kappa shape index (κ2) is 7.15. The van der Waals surface area contributed by atoms with Crippen LogP contribution in [0.15, 0.2) is 36.9 Å². The van der Waals surface area contributed by atoms with Crippen molar-refractivity contribution in [2.24, 2.45) is 0 Å². The van der Waals surface area contributed by atoms with Crippen molar-refractivity contribution in [3.8, 4) is 17.0 Å². The zero-order valence-corrected chi connectivity index (χ0v) is 13.8. The van der Waals surface area contributed by atoms with E-state index in [9.17, 15) is 18.0 Å². The lowest BCUT2D eigenvalue weighted by molar-refractivity contribution is -0.274. The summed E-state index contributed by atoms with van der Waals surface area (Å²) in [6.45, 7) is 3.54. The Hall–Kier alpha value is -2.90. The predicted octanol–water partition coefficient (Wildman–Crippen LogP) is 3.33. The minimum atomic E-state index is -4.73. The summed E-state index contributed by atoms with van der Waals surface area (Å²) in [4.78, 5) is 20.3. The van der Waals surface area contributed by atoms with Gasteiger partial charge in [-0.05, 0) is 49.6 Å². The van der Waals surface area contributed by atoms with E-state index in [1.54, 1.807) is 0 Å². The monoisotopic (exact) mass is 363 g/mol. The number of carbonyl (C=O) groups excluding carboxylic acids is 1. The van der Waals surface area contributed by atoms with Crippen LogP contribution in [-0.4, -0.2) is 22.2 Å². The Balaban J connectivity index is 1.90. The van der Waals surface area contributed by atoms with E-state index in [1.165, 1.54) is 24.3 Å². The number of ether oxygens (including phenoxy) is 1. The molecule has 2 aromatic rings. The number of aryl methyl sites for hydroxylation is 1. The van der Waals surface area contributed by atoms with Gasteiger partial charge in [0.2, 0.25) is 5.91 Å². The molecule has 8 heteroatoms. The van der Waals surface area contributed by atoms with E-state index in [4.69, 9.17) is 0 Å². The van der Waals surface area contributed by atoms with E-state index in [0.29, 0.717) is 17.1 Å². The number of nitrogens with one attached hydrogen (secondary N) is 1. The molecule has 3 rings (SSSR count). The second-order valence-electron chi connectivity index (χ2n) is 5.76. The molecule has 5 nitrogen and oxygen atoms in total. The predicted molar refractivity (Wildman–Crippen MR) is 88.2 cm³/mol. The molecule has 0 fully saturated rings. The van der Waals surface area contributed by atoms with Gasteiger partial charge in [0.25, 0.3) is 0 Å². The molecule has 0 aliphatic heterocycles. The largest absolute Gasteiger partial charge is 0.573 e. The highest BCUT2D eigenvalue weighted by atomic mass is 19.4. The zero-order valence-electron chi connectivity index (χ0n) is 13.8. The lowest BCUT2D eigenvalue weighted by Crippen LogP contribution is -2.22. The molecule has 1 amide bonds. The van der Waals surface area contributed by atoms with E-state index in [2.05, 4.69) is 26.6 Å². The highest BCUT2D eigenvalue weighted by Gasteiger charge is 2.31. The van der Waals surface area contributed by atoms with Gasteiger partial charge in [0, 0.05) is 16.8 Å². The Kier molecular flexibility index (Phi) is 4.92. The van der Waals surface area contributed by atoms with Gasteiger partial charge in [0.05, 0.1) is 12.2 Å². The third-order valence-electron chi connectivity index (χ3n) is 3.95. The van der Waals surface area contributed by atoms with Crippen LogP contribution in [-0.2, 0) is 24.2 Å². The van der Waals surface area contributed by atoms with Crippen LogP contribution in [0.2, 0.25) is 0 Å². The summed E-state index contributed by atoms with van der Waals surface area (Å²) < 4.78 is 40.8. The van der Waals surface area contributed by atoms with Crippen LogP contribution in [0.25, 0.3) is 11.3 Å². The first-order valence-electron chi connectivity index (χ1n) is 8.01. The average Bonchev–Trinajstić information content (AvgIpc) is 3.06. The molecule has 0 bridgehead atoms. The quantitative estimate of drug-likeness (QED) is 0.828. The molecule has 0 saturated heterocycles. The van der Waals surface area contributed by atoms with Crippen molar-refractivity contribution in [1.29, 1.82) is 0 Å². The number of carbonyl (C=O) groups is 1. The Morgan fingerprint density at radius 3 is 2.62 bits per heavy atom. The lowest BCUT2D eigenvalue weighted by Gasteiger charge is -2.12. The fourth-order valence-electron chi connectivity index (χ4n) is 2.85. The number of amides is 1. The summed E-state index contributed by atoms with van der Waals surface area (Å²) in [5.74, 6) is -0.166. The first kappa shape index (κ1) is 17.9. The van der Waals surface area contributed by atoms with Gasteiger partial charge in [0.1, 0.15) is 11.6 Å². The molecular formula is C18H16F3N3O2. The summed E-state index contributed by atoms with van der Waals surface area (Å²) in [7, 11) is 0. The van der Waals surface area contributed by atoms with Crippen LogP contribution in [0.3, 0.4) is 0 Å². The van der Waals surface area contributed by atoms with Crippen molar-refractivity contribution >= 4 is 5.91 Å². The summed E-state index contributed by atoms with van der Waals surface area (Å²) in [6, 6.07) is 5.58. The maximum Gasteiger partial charge on any atom is 0.573 e. The molecular weight excluding hydrogens is 347 g/mol. The maximum atomic E-state index is 12.3. The number of aromatic nitrogens is 2. The van der Waals surface area contributed by atoms with Gasteiger partial charge in [-0.3, -0.25) is 4.79 Å². The van der Waals surface area contributed by atoms with E-state index in [-0.39, 0.29) is 18.2 Å². The minimum absolute atomic E-state index is 0.153. The number of hydrogen-bond acceptors (Lipinski definition) is 4. The molecule has 0 atom stereocenters. The number of nitrogens with zero attached hydrogens (tertiary/aromatic N) is 2. The molecule has 1 aliphatic carbocycles. The molecule has 0 radical (unpaired) electrons. The molecule has 0 saturated carbocycles. The molecule has 136 valence electrons. The average molecular weight is 363 g/mol. The number of benzene rings is 1. The molecule has 0 spiro atoms. The van der Waals surface area contributed by atoms with E-state index in [1.807, 2.05) is 0 Å². The molecule has 1 aromatic carbocycles. The van der Waals surface area contributed by atoms with Gasteiger partial charge in [-0.1, -0.05) is 6.58 Å². The third kappa shape index (κ3) is 4.19. The summed E-state index contributed by atoms with van der Waals surface area (Å²) >= 11 is 0. The van der Waals surface area contributed by atoms with Gasteiger partial charge < -0.3 is 10.1 Å². The van der Waals surface area contributed by atoms with Crippen molar-refractivity contribution in [1.82, 2.24) is 15.3 Å². The number of rotatable bonds is 5. The van der Waals surface area contributed by atoms with E-state index >= 15 is 0 Å². The number of fused-ring (bicyclic) bond motifs is 1. The Labute approximate surface area is 147 Å². The lowest BCUT2D eigenvalue weighted by atomic mass is 10.0. The Bertz CT molecular complexity index is 833. The number of halogens is 3.